The average Bonchev–Trinajstić information content (AvgIpc) is 2.34. The molecule has 0 N–H and O–H groups in total. The van der Waals surface area contributed by atoms with Gasteiger partial charge in [-0.1, -0.05) is 23.7 Å². The summed E-state index contributed by atoms with van der Waals surface area (Å²) < 4.78 is 10.2. The van der Waals surface area contributed by atoms with E-state index in [4.69, 9.17) is 21.1 Å². The van der Waals surface area contributed by atoms with E-state index in [-0.39, 0.29) is 5.91 Å². The molecule has 1 aromatic rings. The highest BCUT2D eigenvalue weighted by atomic mass is 35.5. The van der Waals surface area contributed by atoms with Crippen LogP contribution in [0.5, 0.6) is 0 Å². The van der Waals surface area contributed by atoms with Crippen molar-refractivity contribution in [3.8, 4) is 0 Å². The van der Waals surface area contributed by atoms with Gasteiger partial charge in [0.2, 0.25) is 5.91 Å². The second kappa shape index (κ2) is 7.36. The van der Waals surface area contributed by atoms with E-state index in [2.05, 4.69) is 0 Å². The smallest absolute Gasteiger partial charge is 0.219 e. The third-order valence-electron chi connectivity index (χ3n) is 2.60. The van der Waals surface area contributed by atoms with Gasteiger partial charge in [0.25, 0.3) is 0 Å². The Labute approximate surface area is 112 Å². The number of methoxy groups -OCH3 is 2. The van der Waals surface area contributed by atoms with Gasteiger partial charge in [-0.2, -0.15) is 0 Å². The van der Waals surface area contributed by atoms with Crippen molar-refractivity contribution >= 4 is 17.5 Å². The summed E-state index contributed by atoms with van der Waals surface area (Å²) in [5.41, 5.74) is 0.976. The minimum atomic E-state index is -0.423. The Hall–Kier alpha value is -1.10. The maximum Gasteiger partial charge on any atom is 0.219 e. The quantitative estimate of drug-likeness (QED) is 0.746. The lowest BCUT2D eigenvalue weighted by atomic mass is 10.2. The lowest BCUT2D eigenvalue weighted by Crippen LogP contribution is -2.37. The molecule has 100 valence electrons. The van der Waals surface area contributed by atoms with Crippen LogP contribution in [0.25, 0.3) is 0 Å². The van der Waals surface area contributed by atoms with Crippen molar-refractivity contribution in [1.29, 1.82) is 0 Å². The number of hydrogen-bond acceptors (Lipinski definition) is 3. The van der Waals surface area contributed by atoms with Gasteiger partial charge in [0.15, 0.2) is 6.29 Å². The Morgan fingerprint density at radius 1 is 1.39 bits per heavy atom. The topological polar surface area (TPSA) is 38.8 Å². The van der Waals surface area contributed by atoms with Crippen LogP contribution in [-0.4, -0.2) is 37.9 Å². The first-order valence-electron chi connectivity index (χ1n) is 5.62. The molecule has 0 fully saturated rings. The van der Waals surface area contributed by atoms with E-state index in [1.54, 1.807) is 25.2 Å². The van der Waals surface area contributed by atoms with Gasteiger partial charge in [-0.15, -0.1) is 0 Å². The third-order valence-corrected chi connectivity index (χ3v) is 2.84. The summed E-state index contributed by atoms with van der Waals surface area (Å²) in [5.74, 6) is -0.0333. The minimum absolute atomic E-state index is 0.0333. The van der Waals surface area contributed by atoms with Gasteiger partial charge in [-0.25, -0.2) is 0 Å². The van der Waals surface area contributed by atoms with E-state index in [0.717, 1.165) is 5.56 Å². The fourth-order valence-electron chi connectivity index (χ4n) is 1.59. The first kappa shape index (κ1) is 15.0. The van der Waals surface area contributed by atoms with Crippen LogP contribution >= 0.6 is 11.6 Å². The molecule has 0 atom stereocenters. The van der Waals surface area contributed by atoms with E-state index in [1.165, 1.54) is 6.92 Å². The zero-order valence-electron chi connectivity index (χ0n) is 10.9. The molecule has 5 heteroatoms. The lowest BCUT2D eigenvalue weighted by molar-refractivity contribution is -0.144. The predicted octanol–water partition coefficient (Wildman–Crippen LogP) is 2.31. The van der Waals surface area contributed by atoms with Gasteiger partial charge in [-0.05, 0) is 17.7 Å². The Balaban J connectivity index is 2.71. The first-order valence-corrected chi connectivity index (χ1v) is 6.00. The molecule has 0 radical (unpaired) electrons. The van der Waals surface area contributed by atoms with Crippen molar-refractivity contribution in [1.82, 2.24) is 4.90 Å². The van der Waals surface area contributed by atoms with Crippen molar-refractivity contribution in [2.45, 2.75) is 19.8 Å². The predicted molar refractivity (Wildman–Crippen MR) is 70.3 cm³/mol. The molecule has 0 aliphatic rings. The molecule has 18 heavy (non-hydrogen) atoms. The van der Waals surface area contributed by atoms with E-state index in [0.29, 0.717) is 18.1 Å². The van der Waals surface area contributed by atoms with Crippen molar-refractivity contribution in [3.63, 3.8) is 0 Å². The summed E-state index contributed by atoms with van der Waals surface area (Å²) >= 11 is 5.92. The fraction of sp³-hybridized carbons (Fsp3) is 0.462. The summed E-state index contributed by atoms with van der Waals surface area (Å²) in [4.78, 5) is 13.2. The second-order valence-corrected chi connectivity index (χ2v) is 4.37. The van der Waals surface area contributed by atoms with Crippen molar-refractivity contribution < 1.29 is 14.3 Å². The van der Waals surface area contributed by atoms with Gasteiger partial charge in [-0.3, -0.25) is 4.79 Å². The van der Waals surface area contributed by atoms with Gasteiger partial charge < -0.3 is 14.4 Å². The maximum absolute atomic E-state index is 11.6. The van der Waals surface area contributed by atoms with Crippen molar-refractivity contribution in [2.24, 2.45) is 0 Å². The maximum atomic E-state index is 11.6. The molecule has 0 spiro atoms. The van der Waals surface area contributed by atoms with Crippen LogP contribution in [0.4, 0.5) is 0 Å². The Bertz CT molecular complexity index is 394. The highest BCUT2D eigenvalue weighted by molar-refractivity contribution is 6.30. The minimum Gasteiger partial charge on any atom is -0.354 e. The summed E-state index contributed by atoms with van der Waals surface area (Å²) in [6, 6.07) is 7.43. The van der Waals surface area contributed by atoms with Crippen LogP contribution in [0.15, 0.2) is 24.3 Å². The standard InChI is InChI=1S/C13H18ClNO3/c1-10(16)15(9-13(17-2)18-3)8-11-5-4-6-12(14)7-11/h4-7,13H,8-9H2,1-3H3. The molecule has 1 rings (SSSR count). The summed E-state index contributed by atoms with van der Waals surface area (Å²) in [7, 11) is 3.09. The average molecular weight is 272 g/mol. The highest BCUT2D eigenvalue weighted by Crippen LogP contribution is 2.13. The number of hydrogen-bond donors (Lipinski definition) is 0. The van der Waals surface area contributed by atoms with Crippen LogP contribution in [0.2, 0.25) is 5.02 Å². The number of halogens is 1. The Morgan fingerprint density at radius 2 is 2.06 bits per heavy atom. The Morgan fingerprint density at radius 3 is 2.56 bits per heavy atom. The van der Waals surface area contributed by atoms with Gasteiger partial charge >= 0.3 is 0 Å². The largest absolute Gasteiger partial charge is 0.354 e. The van der Waals surface area contributed by atoms with Crippen LogP contribution < -0.4 is 0 Å². The molecule has 0 heterocycles. The van der Waals surface area contributed by atoms with Gasteiger partial charge in [0.1, 0.15) is 0 Å². The third kappa shape index (κ3) is 4.64. The number of amides is 1. The molecule has 1 amide bonds. The van der Waals surface area contributed by atoms with E-state index < -0.39 is 6.29 Å². The van der Waals surface area contributed by atoms with E-state index >= 15 is 0 Å². The Kier molecular flexibility index (Phi) is 6.12. The monoisotopic (exact) mass is 271 g/mol. The molecular formula is C13H18ClNO3. The van der Waals surface area contributed by atoms with Gasteiger partial charge in [0.05, 0.1) is 6.54 Å². The van der Waals surface area contributed by atoms with Crippen LogP contribution in [-0.2, 0) is 20.8 Å². The van der Waals surface area contributed by atoms with Crippen LogP contribution in [0.1, 0.15) is 12.5 Å². The zero-order valence-corrected chi connectivity index (χ0v) is 11.6. The molecule has 0 aliphatic carbocycles. The molecule has 0 aliphatic heterocycles. The number of carbonyl (C=O) groups is 1. The lowest BCUT2D eigenvalue weighted by Gasteiger charge is -2.25. The number of ether oxygens (including phenoxy) is 2. The zero-order chi connectivity index (χ0) is 13.5. The van der Waals surface area contributed by atoms with Crippen LogP contribution in [0, 0.1) is 0 Å². The van der Waals surface area contributed by atoms with Crippen molar-refractivity contribution in [3.05, 3.63) is 34.9 Å². The molecular weight excluding hydrogens is 254 g/mol. The molecule has 0 aromatic heterocycles. The van der Waals surface area contributed by atoms with Crippen LogP contribution in [0.3, 0.4) is 0 Å². The van der Waals surface area contributed by atoms with Crippen molar-refractivity contribution in [2.75, 3.05) is 20.8 Å². The number of rotatable bonds is 6. The number of nitrogens with zero attached hydrogens (tertiary/aromatic N) is 1. The SMILES string of the molecule is COC(CN(Cc1cccc(Cl)c1)C(C)=O)OC. The summed E-state index contributed by atoms with van der Waals surface area (Å²) in [6.07, 6.45) is -0.423. The fourth-order valence-corrected chi connectivity index (χ4v) is 1.80. The molecule has 0 unspecified atom stereocenters. The highest BCUT2D eigenvalue weighted by Gasteiger charge is 2.15. The van der Waals surface area contributed by atoms with E-state index in [1.807, 2.05) is 18.2 Å². The normalized spacial score (nSPS) is 10.7. The molecule has 0 saturated carbocycles. The molecule has 4 nitrogen and oxygen atoms in total. The summed E-state index contributed by atoms with van der Waals surface area (Å²) in [6.45, 7) is 2.39. The number of carbonyl (C=O) groups excluding carboxylic acids is 1. The van der Waals surface area contributed by atoms with E-state index in [9.17, 15) is 4.79 Å². The molecule has 0 bridgehead atoms. The molecule has 1 aromatic carbocycles. The summed E-state index contributed by atoms with van der Waals surface area (Å²) in [5, 5.41) is 0.658. The second-order valence-electron chi connectivity index (χ2n) is 3.93. The molecule has 0 saturated heterocycles. The number of benzene rings is 1. The van der Waals surface area contributed by atoms with Gasteiger partial charge in [0, 0.05) is 32.7 Å². The first-order chi connectivity index (χ1) is 8.56.